The summed E-state index contributed by atoms with van der Waals surface area (Å²) in [6.07, 6.45) is 1.86. The zero-order valence-electron chi connectivity index (χ0n) is 14.7. The molecule has 0 unspecified atom stereocenters. The summed E-state index contributed by atoms with van der Waals surface area (Å²) in [5, 5.41) is 0. The number of hydrogen-bond acceptors (Lipinski definition) is 5. The van der Waals surface area contributed by atoms with E-state index in [0.29, 0.717) is 13.2 Å². The third kappa shape index (κ3) is 1.97. The highest BCUT2D eigenvalue weighted by Gasteiger charge is 2.73. The molecule has 1 aliphatic carbocycles. The maximum Gasteiger partial charge on any atom is 0.249 e. The van der Waals surface area contributed by atoms with Crippen molar-refractivity contribution >= 4 is 23.6 Å². The summed E-state index contributed by atoms with van der Waals surface area (Å²) in [6.45, 7) is 2.27. The van der Waals surface area contributed by atoms with Crippen LogP contribution >= 0.6 is 0 Å². The zero-order valence-corrected chi connectivity index (χ0v) is 14.7. The second-order valence-electron chi connectivity index (χ2n) is 7.70. The van der Waals surface area contributed by atoms with Gasteiger partial charge in [0, 0.05) is 26.7 Å². The smallest absolute Gasteiger partial charge is 0.249 e. The fourth-order valence-corrected chi connectivity index (χ4v) is 5.01. The van der Waals surface area contributed by atoms with Gasteiger partial charge in [-0.3, -0.25) is 24.1 Å². The summed E-state index contributed by atoms with van der Waals surface area (Å²) < 4.78 is 5.04. The van der Waals surface area contributed by atoms with Gasteiger partial charge in [0.1, 0.15) is 5.54 Å². The Morgan fingerprint density at radius 1 is 1.16 bits per heavy atom. The number of carbonyl (C=O) groups is 4. The van der Waals surface area contributed by atoms with Crippen LogP contribution < -0.4 is 0 Å². The second kappa shape index (κ2) is 5.27. The lowest BCUT2D eigenvalue weighted by atomic mass is 9.79. The number of methoxy groups -OCH3 is 1. The quantitative estimate of drug-likeness (QED) is 0.613. The van der Waals surface area contributed by atoms with Crippen molar-refractivity contribution in [2.24, 2.45) is 17.8 Å². The molecule has 25 heavy (non-hydrogen) atoms. The van der Waals surface area contributed by atoms with E-state index in [1.807, 2.05) is 0 Å². The van der Waals surface area contributed by atoms with Gasteiger partial charge in [-0.15, -0.1) is 0 Å². The van der Waals surface area contributed by atoms with Crippen LogP contribution in [0.5, 0.6) is 0 Å². The molecule has 0 spiro atoms. The first kappa shape index (κ1) is 16.5. The molecule has 4 amide bonds. The van der Waals surface area contributed by atoms with Gasteiger partial charge in [-0.1, -0.05) is 0 Å². The Labute approximate surface area is 146 Å². The third-order valence-electron chi connectivity index (χ3n) is 6.33. The van der Waals surface area contributed by atoms with Gasteiger partial charge < -0.3 is 14.5 Å². The van der Waals surface area contributed by atoms with Crippen LogP contribution in [-0.2, 0) is 23.9 Å². The fraction of sp³-hybridized carbons (Fsp3) is 0.765. The summed E-state index contributed by atoms with van der Waals surface area (Å²) in [5.41, 5.74) is -1.28. The molecule has 3 aliphatic heterocycles. The van der Waals surface area contributed by atoms with Crippen molar-refractivity contribution in [3.8, 4) is 0 Å². The molecule has 0 aromatic rings. The van der Waals surface area contributed by atoms with Crippen LogP contribution in [0.25, 0.3) is 0 Å². The van der Waals surface area contributed by atoms with Gasteiger partial charge >= 0.3 is 0 Å². The Morgan fingerprint density at radius 3 is 2.44 bits per heavy atom. The normalized spacial score (nSPS) is 37.9. The molecule has 0 radical (unpaired) electrons. The van der Waals surface area contributed by atoms with Crippen molar-refractivity contribution in [1.29, 1.82) is 0 Å². The van der Waals surface area contributed by atoms with Crippen molar-refractivity contribution in [3.63, 3.8) is 0 Å². The van der Waals surface area contributed by atoms with E-state index < -0.39 is 17.4 Å². The average Bonchev–Trinajstić information content (AvgIpc) is 3.34. The summed E-state index contributed by atoms with van der Waals surface area (Å²) in [5.74, 6) is -2.19. The number of amides is 4. The maximum atomic E-state index is 13.3. The molecule has 4 fully saturated rings. The number of carbonyl (C=O) groups excluding carboxylic acids is 4. The zero-order chi connectivity index (χ0) is 18.1. The lowest BCUT2D eigenvalue weighted by Crippen LogP contribution is -2.69. The molecular formula is C17H23N3O5. The Hall–Kier alpha value is -1.96. The van der Waals surface area contributed by atoms with Crippen LogP contribution in [0.1, 0.15) is 19.8 Å². The summed E-state index contributed by atoms with van der Waals surface area (Å²) in [4.78, 5) is 55.9. The number of fused-ring (bicyclic) bond motifs is 3. The first-order valence-electron chi connectivity index (χ1n) is 8.76. The monoisotopic (exact) mass is 349 g/mol. The van der Waals surface area contributed by atoms with E-state index in [1.165, 1.54) is 19.1 Å². The topological polar surface area (TPSA) is 87.2 Å². The highest BCUT2D eigenvalue weighted by molar-refractivity contribution is 6.12. The van der Waals surface area contributed by atoms with E-state index in [0.717, 1.165) is 17.7 Å². The van der Waals surface area contributed by atoms with Crippen molar-refractivity contribution in [2.75, 3.05) is 33.9 Å². The lowest BCUT2D eigenvalue weighted by molar-refractivity contribution is -0.168. The van der Waals surface area contributed by atoms with Gasteiger partial charge in [-0.2, -0.15) is 0 Å². The molecular weight excluding hydrogens is 326 g/mol. The standard InChI is InChI=1S/C17H23N3O5/c1-17-12-11(14(22)18(2)15(12)23)13(9-4-5-9)20(17)10(21)8-19(16(17)24)6-7-25-3/h9,11-13H,4-8H2,1-3H3/t11-,12-,13-,17-/m1/s1. The van der Waals surface area contributed by atoms with Gasteiger partial charge in [0.15, 0.2) is 0 Å². The van der Waals surface area contributed by atoms with Crippen molar-refractivity contribution in [2.45, 2.75) is 31.3 Å². The van der Waals surface area contributed by atoms with Crippen LogP contribution in [0.3, 0.4) is 0 Å². The first-order valence-corrected chi connectivity index (χ1v) is 8.76. The summed E-state index contributed by atoms with van der Waals surface area (Å²) in [7, 11) is 3.01. The minimum Gasteiger partial charge on any atom is -0.383 e. The number of nitrogens with zero attached hydrogens (tertiary/aromatic N) is 3. The van der Waals surface area contributed by atoms with Gasteiger partial charge in [-0.05, 0) is 25.7 Å². The SMILES string of the molecule is COCCN1CC(=O)N2[C@H](C3CC3)[C@@H]3C(=O)N(C)C(=O)[C@@H]3[C@]2(C)C1=O. The van der Waals surface area contributed by atoms with Gasteiger partial charge in [0.25, 0.3) is 0 Å². The number of ether oxygens (including phenoxy) is 1. The van der Waals surface area contributed by atoms with Gasteiger partial charge in [-0.25, -0.2) is 0 Å². The molecule has 0 aromatic carbocycles. The highest BCUT2D eigenvalue weighted by Crippen LogP contribution is 2.56. The summed E-state index contributed by atoms with van der Waals surface area (Å²) in [6, 6.07) is -0.336. The van der Waals surface area contributed by atoms with Crippen molar-refractivity contribution < 1.29 is 23.9 Å². The van der Waals surface area contributed by atoms with Crippen LogP contribution in [0.15, 0.2) is 0 Å². The molecule has 0 bridgehead atoms. The van der Waals surface area contributed by atoms with E-state index in [9.17, 15) is 19.2 Å². The van der Waals surface area contributed by atoms with E-state index in [2.05, 4.69) is 0 Å². The van der Waals surface area contributed by atoms with E-state index in [4.69, 9.17) is 4.74 Å². The number of hydrogen-bond donors (Lipinski definition) is 0. The molecule has 8 nitrogen and oxygen atoms in total. The molecule has 4 atom stereocenters. The largest absolute Gasteiger partial charge is 0.383 e. The summed E-state index contributed by atoms with van der Waals surface area (Å²) >= 11 is 0. The van der Waals surface area contributed by atoms with E-state index in [1.54, 1.807) is 11.8 Å². The van der Waals surface area contributed by atoms with Crippen LogP contribution in [0, 0.1) is 17.8 Å². The Bertz CT molecular complexity index is 675. The predicted molar refractivity (Wildman–Crippen MR) is 85.0 cm³/mol. The van der Waals surface area contributed by atoms with Crippen LogP contribution in [-0.4, -0.2) is 83.8 Å². The third-order valence-corrected chi connectivity index (χ3v) is 6.33. The molecule has 136 valence electrons. The van der Waals surface area contributed by atoms with Crippen molar-refractivity contribution in [1.82, 2.24) is 14.7 Å². The van der Waals surface area contributed by atoms with Crippen LogP contribution in [0.2, 0.25) is 0 Å². The Kier molecular flexibility index (Phi) is 3.48. The minimum atomic E-state index is -1.28. The number of rotatable bonds is 4. The van der Waals surface area contributed by atoms with Crippen molar-refractivity contribution in [3.05, 3.63) is 0 Å². The number of piperazine rings is 1. The molecule has 1 saturated carbocycles. The molecule has 3 saturated heterocycles. The molecule has 0 aromatic heterocycles. The minimum absolute atomic E-state index is 0.0152. The van der Waals surface area contributed by atoms with Gasteiger partial charge in [0.2, 0.25) is 23.6 Å². The number of imide groups is 1. The van der Waals surface area contributed by atoms with Gasteiger partial charge in [0.05, 0.1) is 25.0 Å². The maximum absolute atomic E-state index is 13.3. The Balaban J connectivity index is 1.79. The lowest BCUT2D eigenvalue weighted by Gasteiger charge is -2.47. The molecule has 4 aliphatic rings. The predicted octanol–water partition coefficient (Wildman–Crippen LogP) is -0.914. The highest BCUT2D eigenvalue weighted by atomic mass is 16.5. The molecule has 8 heteroatoms. The fourth-order valence-electron chi connectivity index (χ4n) is 5.01. The van der Waals surface area contributed by atoms with E-state index in [-0.39, 0.29) is 42.1 Å². The first-order chi connectivity index (χ1) is 11.8. The van der Waals surface area contributed by atoms with E-state index >= 15 is 0 Å². The van der Waals surface area contributed by atoms with Crippen LogP contribution in [0.4, 0.5) is 0 Å². The Morgan fingerprint density at radius 2 is 1.84 bits per heavy atom. The average molecular weight is 349 g/mol. The second-order valence-corrected chi connectivity index (χ2v) is 7.70. The number of likely N-dealkylation sites (tertiary alicyclic amines) is 1. The molecule has 4 rings (SSSR count). The molecule has 3 heterocycles. The molecule has 0 N–H and O–H groups in total.